The first-order chi connectivity index (χ1) is 12.5. The molecule has 1 aliphatic heterocycles. The van der Waals surface area contributed by atoms with Gasteiger partial charge in [0.25, 0.3) is 0 Å². The first-order valence-electron chi connectivity index (χ1n) is 9.17. The van der Waals surface area contributed by atoms with E-state index in [0.29, 0.717) is 6.54 Å². The SMILES string of the molecule is Cc1nn(C)c(C)c1C(C)C(=O)NCc1ccccc1N1CCOCC1. The molecule has 1 fully saturated rings. The third-order valence-electron chi connectivity index (χ3n) is 5.19. The molecule has 1 unspecified atom stereocenters. The zero-order valence-corrected chi connectivity index (χ0v) is 16.1. The summed E-state index contributed by atoms with van der Waals surface area (Å²) in [7, 11) is 1.91. The van der Waals surface area contributed by atoms with Gasteiger partial charge in [0.2, 0.25) is 5.91 Å². The molecule has 3 rings (SSSR count). The largest absolute Gasteiger partial charge is 0.378 e. The van der Waals surface area contributed by atoms with E-state index < -0.39 is 0 Å². The molecule has 0 radical (unpaired) electrons. The van der Waals surface area contributed by atoms with E-state index in [1.54, 1.807) is 0 Å². The van der Waals surface area contributed by atoms with Crippen molar-refractivity contribution in [3.8, 4) is 0 Å². The van der Waals surface area contributed by atoms with E-state index in [1.807, 2.05) is 44.6 Å². The molecule has 1 aromatic heterocycles. The minimum atomic E-state index is -0.223. The molecule has 1 aliphatic rings. The number of carbonyl (C=O) groups excluding carboxylic acids is 1. The average Bonchev–Trinajstić information content (AvgIpc) is 2.92. The maximum atomic E-state index is 12.7. The Balaban J connectivity index is 1.70. The van der Waals surface area contributed by atoms with Gasteiger partial charge in [-0.1, -0.05) is 18.2 Å². The number of morpholine rings is 1. The van der Waals surface area contributed by atoms with Crippen LogP contribution in [0, 0.1) is 13.8 Å². The van der Waals surface area contributed by atoms with Gasteiger partial charge in [-0.05, 0) is 32.4 Å². The zero-order valence-electron chi connectivity index (χ0n) is 16.1. The Hall–Kier alpha value is -2.34. The van der Waals surface area contributed by atoms with Crippen LogP contribution in [0.15, 0.2) is 24.3 Å². The molecule has 6 nitrogen and oxygen atoms in total. The van der Waals surface area contributed by atoms with Crippen LogP contribution in [0.3, 0.4) is 0 Å². The van der Waals surface area contributed by atoms with Gasteiger partial charge in [0.1, 0.15) is 0 Å². The van der Waals surface area contributed by atoms with Gasteiger partial charge in [-0.3, -0.25) is 9.48 Å². The van der Waals surface area contributed by atoms with Gasteiger partial charge in [-0.15, -0.1) is 0 Å². The molecule has 1 aromatic carbocycles. The number of amides is 1. The van der Waals surface area contributed by atoms with Crippen LogP contribution in [0.5, 0.6) is 0 Å². The van der Waals surface area contributed by atoms with Gasteiger partial charge in [0, 0.05) is 43.6 Å². The Morgan fingerprint density at radius 1 is 1.27 bits per heavy atom. The summed E-state index contributed by atoms with van der Waals surface area (Å²) < 4.78 is 7.28. The number of aryl methyl sites for hydroxylation is 2. The minimum Gasteiger partial charge on any atom is -0.378 e. The number of rotatable bonds is 5. The van der Waals surface area contributed by atoms with Crippen molar-refractivity contribution in [1.82, 2.24) is 15.1 Å². The van der Waals surface area contributed by atoms with Crippen LogP contribution in [0.1, 0.15) is 35.4 Å². The number of para-hydroxylation sites is 1. The molecule has 26 heavy (non-hydrogen) atoms. The fourth-order valence-electron chi connectivity index (χ4n) is 3.66. The normalized spacial score (nSPS) is 15.8. The van der Waals surface area contributed by atoms with E-state index >= 15 is 0 Å². The first kappa shape index (κ1) is 18.5. The summed E-state index contributed by atoms with van der Waals surface area (Å²) in [4.78, 5) is 15.1. The molecule has 2 heterocycles. The van der Waals surface area contributed by atoms with Gasteiger partial charge < -0.3 is 15.0 Å². The van der Waals surface area contributed by atoms with E-state index in [-0.39, 0.29) is 11.8 Å². The predicted molar refractivity (Wildman–Crippen MR) is 102 cm³/mol. The molecule has 1 amide bonds. The molecule has 1 N–H and O–H groups in total. The Morgan fingerprint density at radius 3 is 2.62 bits per heavy atom. The maximum Gasteiger partial charge on any atom is 0.227 e. The standard InChI is InChI=1S/C20H28N4O2/c1-14(19-15(2)22-23(4)16(19)3)20(25)21-13-17-7-5-6-8-18(17)24-9-11-26-12-10-24/h5-8,14H,9-13H2,1-4H3,(H,21,25). The van der Waals surface area contributed by atoms with Crippen molar-refractivity contribution in [3.63, 3.8) is 0 Å². The molecule has 0 aliphatic carbocycles. The van der Waals surface area contributed by atoms with Crippen molar-refractivity contribution >= 4 is 11.6 Å². The Kier molecular flexibility index (Phi) is 5.61. The van der Waals surface area contributed by atoms with Crippen molar-refractivity contribution in [2.45, 2.75) is 33.2 Å². The fraction of sp³-hybridized carbons (Fsp3) is 0.500. The summed E-state index contributed by atoms with van der Waals surface area (Å²) in [6.45, 7) is 9.70. The van der Waals surface area contributed by atoms with Crippen molar-refractivity contribution < 1.29 is 9.53 Å². The highest BCUT2D eigenvalue weighted by Gasteiger charge is 2.23. The van der Waals surface area contributed by atoms with Crippen LogP contribution in [-0.2, 0) is 23.1 Å². The quantitative estimate of drug-likeness (QED) is 0.893. The van der Waals surface area contributed by atoms with Crippen LogP contribution in [-0.4, -0.2) is 42.0 Å². The number of nitrogens with one attached hydrogen (secondary N) is 1. The Bertz CT molecular complexity index is 778. The third-order valence-corrected chi connectivity index (χ3v) is 5.19. The molecule has 140 valence electrons. The predicted octanol–water partition coefficient (Wildman–Crippen LogP) is 2.29. The van der Waals surface area contributed by atoms with Gasteiger partial charge in [0.15, 0.2) is 0 Å². The number of hydrogen-bond donors (Lipinski definition) is 1. The number of benzene rings is 1. The number of carbonyl (C=O) groups is 1. The second kappa shape index (κ2) is 7.91. The number of aromatic nitrogens is 2. The average molecular weight is 356 g/mol. The highest BCUT2D eigenvalue weighted by Crippen LogP contribution is 2.24. The van der Waals surface area contributed by atoms with Crippen LogP contribution in [0.4, 0.5) is 5.69 Å². The van der Waals surface area contributed by atoms with E-state index in [9.17, 15) is 4.79 Å². The Morgan fingerprint density at radius 2 is 1.96 bits per heavy atom. The molecule has 0 spiro atoms. The molecule has 0 saturated carbocycles. The van der Waals surface area contributed by atoms with Crippen molar-refractivity contribution in [2.24, 2.45) is 7.05 Å². The Labute approximate surface area is 155 Å². The van der Waals surface area contributed by atoms with Crippen LogP contribution in [0.25, 0.3) is 0 Å². The molecule has 1 saturated heterocycles. The highest BCUT2D eigenvalue weighted by molar-refractivity contribution is 5.84. The highest BCUT2D eigenvalue weighted by atomic mass is 16.5. The summed E-state index contributed by atoms with van der Waals surface area (Å²) in [5.74, 6) is -0.194. The number of nitrogens with zero attached hydrogens (tertiary/aromatic N) is 3. The van der Waals surface area contributed by atoms with Gasteiger partial charge in [-0.25, -0.2) is 0 Å². The molecule has 1 atom stereocenters. The number of anilines is 1. The molecule has 2 aromatic rings. The monoisotopic (exact) mass is 356 g/mol. The lowest BCUT2D eigenvalue weighted by Crippen LogP contribution is -2.37. The summed E-state index contributed by atoms with van der Waals surface area (Å²) in [5.41, 5.74) is 5.29. The number of hydrogen-bond acceptors (Lipinski definition) is 4. The van der Waals surface area contributed by atoms with E-state index in [4.69, 9.17) is 4.74 Å². The summed E-state index contributed by atoms with van der Waals surface area (Å²) in [5, 5.41) is 7.53. The van der Waals surface area contributed by atoms with Gasteiger partial charge >= 0.3 is 0 Å². The smallest absolute Gasteiger partial charge is 0.227 e. The minimum absolute atomic E-state index is 0.0287. The fourth-order valence-corrected chi connectivity index (χ4v) is 3.66. The lowest BCUT2D eigenvalue weighted by Gasteiger charge is -2.30. The molecule has 0 bridgehead atoms. The van der Waals surface area contributed by atoms with Crippen LogP contribution < -0.4 is 10.2 Å². The number of ether oxygens (including phenoxy) is 1. The van der Waals surface area contributed by atoms with Crippen molar-refractivity contribution in [1.29, 1.82) is 0 Å². The summed E-state index contributed by atoms with van der Waals surface area (Å²) in [6, 6.07) is 8.26. The third kappa shape index (κ3) is 3.75. The summed E-state index contributed by atoms with van der Waals surface area (Å²) >= 11 is 0. The van der Waals surface area contributed by atoms with Crippen LogP contribution in [0.2, 0.25) is 0 Å². The summed E-state index contributed by atoms with van der Waals surface area (Å²) in [6.07, 6.45) is 0. The van der Waals surface area contributed by atoms with Crippen molar-refractivity contribution in [3.05, 3.63) is 46.8 Å². The molecular formula is C20H28N4O2. The lowest BCUT2D eigenvalue weighted by atomic mass is 9.98. The first-order valence-corrected chi connectivity index (χ1v) is 9.17. The lowest BCUT2D eigenvalue weighted by molar-refractivity contribution is -0.122. The maximum absolute atomic E-state index is 12.7. The van der Waals surface area contributed by atoms with Crippen molar-refractivity contribution in [2.75, 3.05) is 31.2 Å². The van der Waals surface area contributed by atoms with E-state index in [0.717, 1.165) is 48.8 Å². The van der Waals surface area contributed by atoms with Crippen LogP contribution >= 0.6 is 0 Å². The zero-order chi connectivity index (χ0) is 18.7. The second-order valence-electron chi connectivity index (χ2n) is 6.88. The second-order valence-corrected chi connectivity index (χ2v) is 6.88. The van der Waals surface area contributed by atoms with E-state index in [1.165, 1.54) is 5.69 Å². The van der Waals surface area contributed by atoms with Gasteiger partial charge in [0.05, 0.1) is 24.8 Å². The van der Waals surface area contributed by atoms with Gasteiger partial charge in [-0.2, -0.15) is 5.10 Å². The topological polar surface area (TPSA) is 59.4 Å². The molecule has 6 heteroatoms. The molecular weight excluding hydrogens is 328 g/mol. The van der Waals surface area contributed by atoms with E-state index in [2.05, 4.69) is 27.4 Å².